The summed E-state index contributed by atoms with van der Waals surface area (Å²) in [5.74, 6) is -2.36. The van der Waals surface area contributed by atoms with Gasteiger partial charge in [0.25, 0.3) is 0 Å². The molecule has 0 aliphatic heterocycles. The predicted molar refractivity (Wildman–Crippen MR) is 54.4 cm³/mol. The lowest BCUT2D eigenvalue weighted by atomic mass is 10.2. The second kappa shape index (κ2) is 3.97. The summed E-state index contributed by atoms with van der Waals surface area (Å²) < 4.78 is 26.2. The normalized spacial score (nSPS) is 10.4. The average Bonchev–Trinajstić information content (AvgIpc) is 2.70. The summed E-state index contributed by atoms with van der Waals surface area (Å²) in [5.41, 5.74) is -0.0301. The molecule has 82 valence electrons. The number of aromatic nitrogens is 1. The Hall–Kier alpha value is -1.82. The van der Waals surface area contributed by atoms with E-state index >= 15 is 0 Å². The number of thiazole rings is 1. The zero-order chi connectivity index (χ0) is 11.7. The molecule has 1 heterocycles. The molecule has 1 aromatic carbocycles. The topological polar surface area (TPSA) is 50.2 Å². The summed E-state index contributed by atoms with van der Waals surface area (Å²) in [6.45, 7) is 0. The van der Waals surface area contributed by atoms with Gasteiger partial charge < -0.3 is 5.11 Å². The Bertz CT molecular complexity index is 554. The minimum atomic E-state index is -1.14. The van der Waals surface area contributed by atoms with Gasteiger partial charge in [-0.15, -0.1) is 11.3 Å². The average molecular weight is 241 g/mol. The van der Waals surface area contributed by atoms with Crippen molar-refractivity contribution in [1.29, 1.82) is 0 Å². The van der Waals surface area contributed by atoms with E-state index in [0.29, 0.717) is 0 Å². The number of halogens is 2. The molecule has 3 nitrogen and oxygen atoms in total. The molecule has 0 fully saturated rings. The highest BCUT2D eigenvalue weighted by Crippen LogP contribution is 2.27. The molecule has 16 heavy (non-hydrogen) atoms. The van der Waals surface area contributed by atoms with Gasteiger partial charge >= 0.3 is 5.97 Å². The third-order valence-corrected chi connectivity index (χ3v) is 2.89. The lowest BCUT2D eigenvalue weighted by molar-refractivity contribution is 0.0702. The predicted octanol–water partition coefficient (Wildman–Crippen LogP) is 2.79. The highest BCUT2D eigenvalue weighted by Gasteiger charge is 2.13. The van der Waals surface area contributed by atoms with Crippen LogP contribution < -0.4 is 0 Å². The number of rotatable bonds is 2. The Morgan fingerprint density at radius 3 is 2.75 bits per heavy atom. The van der Waals surface area contributed by atoms with Crippen LogP contribution in [0.3, 0.4) is 0 Å². The SMILES string of the molecule is O=C(O)c1cnc(-c2cc(F)ccc2F)s1. The second-order valence-electron chi connectivity index (χ2n) is 2.96. The summed E-state index contributed by atoms with van der Waals surface area (Å²) in [5, 5.41) is 8.82. The molecular formula is C10H5F2NO2S. The zero-order valence-electron chi connectivity index (χ0n) is 7.78. The molecule has 0 amide bonds. The van der Waals surface area contributed by atoms with Crippen molar-refractivity contribution in [3.63, 3.8) is 0 Å². The number of nitrogens with zero attached hydrogens (tertiary/aromatic N) is 1. The number of aromatic carboxylic acids is 1. The van der Waals surface area contributed by atoms with Gasteiger partial charge in [-0.3, -0.25) is 0 Å². The van der Waals surface area contributed by atoms with E-state index in [9.17, 15) is 13.6 Å². The van der Waals surface area contributed by atoms with E-state index in [1.165, 1.54) is 0 Å². The highest BCUT2D eigenvalue weighted by atomic mass is 32.1. The number of carbonyl (C=O) groups is 1. The van der Waals surface area contributed by atoms with Crippen LogP contribution in [0.15, 0.2) is 24.4 Å². The molecule has 0 aliphatic carbocycles. The van der Waals surface area contributed by atoms with E-state index in [1.54, 1.807) is 0 Å². The van der Waals surface area contributed by atoms with Crippen molar-refractivity contribution in [2.45, 2.75) is 0 Å². The van der Waals surface area contributed by atoms with Gasteiger partial charge in [-0.1, -0.05) is 0 Å². The van der Waals surface area contributed by atoms with E-state index in [-0.39, 0.29) is 15.4 Å². The van der Waals surface area contributed by atoms with Crippen LogP contribution in [-0.2, 0) is 0 Å². The zero-order valence-corrected chi connectivity index (χ0v) is 8.59. The minimum Gasteiger partial charge on any atom is -0.477 e. The van der Waals surface area contributed by atoms with Crippen molar-refractivity contribution in [3.8, 4) is 10.6 Å². The van der Waals surface area contributed by atoms with Crippen LogP contribution in [0.4, 0.5) is 8.78 Å². The number of benzene rings is 1. The molecular weight excluding hydrogens is 236 g/mol. The molecule has 0 saturated carbocycles. The first kappa shape index (κ1) is 10.7. The molecule has 1 N–H and O–H groups in total. The maximum Gasteiger partial charge on any atom is 0.347 e. The Balaban J connectivity index is 2.50. The van der Waals surface area contributed by atoms with E-state index in [2.05, 4.69) is 4.98 Å². The van der Waals surface area contributed by atoms with Crippen molar-refractivity contribution in [2.24, 2.45) is 0 Å². The molecule has 0 atom stereocenters. The Labute approximate surface area is 93.0 Å². The maximum absolute atomic E-state index is 13.3. The fourth-order valence-electron chi connectivity index (χ4n) is 1.16. The van der Waals surface area contributed by atoms with Gasteiger partial charge in [0.1, 0.15) is 21.5 Å². The van der Waals surface area contributed by atoms with Crippen molar-refractivity contribution in [3.05, 3.63) is 40.9 Å². The molecule has 6 heteroatoms. The van der Waals surface area contributed by atoms with Crippen LogP contribution in [0.1, 0.15) is 9.67 Å². The van der Waals surface area contributed by atoms with E-state index in [4.69, 9.17) is 5.11 Å². The fourth-order valence-corrected chi connectivity index (χ4v) is 1.93. The fraction of sp³-hybridized carbons (Fsp3) is 0. The molecule has 0 unspecified atom stereocenters. The van der Waals surface area contributed by atoms with Crippen LogP contribution in [-0.4, -0.2) is 16.1 Å². The monoisotopic (exact) mass is 241 g/mol. The second-order valence-corrected chi connectivity index (χ2v) is 3.99. The quantitative estimate of drug-likeness (QED) is 0.879. The first-order valence-corrected chi connectivity index (χ1v) is 5.04. The van der Waals surface area contributed by atoms with Crippen LogP contribution in [0.5, 0.6) is 0 Å². The van der Waals surface area contributed by atoms with Crippen molar-refractivity contribution in [2.75, 3.05) is 0 Å². The number of carboxylic acid groups (broad SMARTS) is 1. The summed E-state index contributed by atoms with van der Waals surface area (Å²) in [6, 6.07) is 2.96. The van der Waals surface area contributed by atoms with Gasteiger partial charge in [-0.05, 0) is 18.2 Å². The Morgan fingerprint density at radius 2 is 2.12 bits per heavy atom. The Morgan fingerprint density at radius 1 is 1.38 bits per heavy atom. The van der Waals surface area contributed by atoms with Crippen molar-refractivity contribution < 1.29 is 18.7 Å². The van der Waals surface area contributed by atoms with Gasteiger partial charge in [0.15, 0.2) is 0 Å². The summed E-state index contributed by atoms with van der Waals surface area (Å²) >= 11 is 0.800. The molecule has 2 aromatic rings. The third kappa shape index (κ3) is 1.92. The van der Waals surface area contributed by atoms with Crippen molar-refractivity contribution in [1.82, 2.24) is 4.98 Å². The van der Waals surface area contributed by atoms with Crippen molar-refractivity contribution >= 4 is 17.3 Å². The molecule has 1 aromatic heterocycles. The van der Waals surface area contributed by atoms with E-state index < -0.39 is 17.6 Å². The largest absolute Gasteiger partial charge is 0.477 e. The van der Waals surface area contributed by atoms with Gasteiger partial charge in [0.05, 0.1) is 6.20 Å². The Kier molecular flexibility index (Phi) is 2.66. The number of carboxylic acids is 1. The molecule has 0 spiro atoms. The smallest absolute Gasteiger partial charge is 0.347 e. The van der Waals surface area contributed by atoms with Crippen LogP contribution in [0.2, 0.25) is 0 Å². The van der Waals surface area contributed by atoms with E-state index in [0.717, 1.165) is 35.7 Å². The van der Waals surface area contributed by atoms with E-state index in [1.807, 2.05) is 0 Å². The first-order chi connectivity index (χ1) is 7.58. The number of hydrogen-bond donors (Lipinski definition) is 1. The van der Waals surface area contributed by atoms with Crippen LogP contribution in [0.25, 0.3) is 10.6 Å². The van der Waals surface area contributed by atoms with Gasteiger partial charge in [-0.25, -0.2) is 18.6 Å². The molecule has 0 saturated heterocycles. The van der Waals surface area contributed by atoms with Crippen LogP contribution in [0, 0.1) is 11.6 Å². The summed E-state index contributed by atoms with van der Waals surface area (Å²) in [6.07, 6.45) is 1.12. The van der Waals surface area contributed by atoms with Gasteiger partial charge in [0, 0.05) is 5.56 Å². The molecule has 2 rings (SSSR count). The minimum absolute atomic E-state index is 0.0151. The molecule has 0 bridgehead atoms. The molecule has 0 aliphatic rings. The third-order valence-electron chi connectivity index (χ3n) is 1.88. The summed E-state index contributed by atoms with van der Waals surface area (Å²) in [4.78, 5) is 14.3. The highest BCUT2D eigenvalue weighted by molar-refractivity contribution is 7.16. The first-order valence-electron chi connectivity index (χ1n) is 4.22. The summed E-state index contributed by atoms with van der Waals surface area (Å²) in [7, 11) is 0. The van der Waals surface area contributed by atoms with Gasteiger partial charge in [0.2, 0.25) is 0 Å². The number of hydrogen-bond acceptors (Lipinski definition) is 3. The van der Waals surface area contributed by atoms with Crippen LogP contribution >= 0.6 is 11.3 Å². The maximum atomic E-state index is 13.3. The molecule has 0 radical (unpaired) electrons. The van der Waals surface area contributed by atoms with Gasteiger partial charge in [-0.2, -0.15) is 0 Å². The lowest BCUT2D eigenvalue weighted by Gasteiger charge is -1.98. The standard InChI is InChI=1S/C10H5F2NO2S/c11-5-1-2-7(12)6(3-5)9-13-4-8(16-9)10(14)15/h1-4H,(H,14,15). The lowest BCUT2D eigenvalue weighted by Crippen LogP contribution is -1.89.